The Hall–Kier alpha value is -2.24. The molecule has 170 valence electrons. The van der Waals surface area contributed by atoms with E-state index in [0.717, 1.165) is 36.7 Å². The standard InChI is InChI=1S/C20H31N7O3S/c1-16(2)27-19-17(14-22-27)13-18(15-21-19)23-20(28)24-9-11-26(12-10-24)31(29,30)25-7-5-3-4-6-8-25/h13-16H,3-12H2,1-2H3,(H,23,28). The molecule has 0 atom stereocenters. The number of carbonyl (C=O) groups excluding carboxylic acids is 1. The number of nitrogens with zero attached hydrogens (tertiary/aromatic N) is 6. The van der Waals surface area contributed by atoms with Gasteiger partial charge in [0.1, 0.15) is 0 Å². The molecule has 2 aliphatic rings. The van der Waals surface area contributed by atoms with E-state index in [9.17, 15) is 13.2 Å². The molecule has 11 heteroatoms. The van der Waals surface area contributed by atoms with Crippen molar-refractivity contribution in [1.29, 1.82) is 0 Å². The Labute approximate surface area is 183 Å². The molecule has 2 aliphatic heterocycles. The Balaban J connectivity index is 1.35. The van der Waals surface area contributed by atoms with E-state index < -0.39 is 10.2 Å². The number of nitrogens with one attached hydrogen (secondary N) is 1. The van der Waals surface area contributed by atoms with Gasteiger partial charge in [-0.05, 0) is 32.8 Å². The zero-order valence-corrected chi connectivity index (χ0v) is 19.0. The molecule has 2 fully saturated rings. The summed E-state index contributed by atoms with van der Waals surface area (Å²) in [6.45, 7) is 6.60. The van der Waals surface area contributed by atoms with Crippen molar-refractivity contribution >= 4 is 33.0 Å². The predicted molar refractivity (Wildman–Crippen MR) is 119 cm³/mol. The summed E-state index contributed by atoms with van der Waals surface area (Å²) in [4.78, 5) is 18.8. The van der Waals surface area contributed by atoms with Gasteiger partial charge in [-0.25, -0.2) is 14.5 Å². The van der Waals surface area contributed by atoms with Gasteiger partial charge in [0.05, 0.1) is 18.1 Å². The maximum Gasteiger partial charge on any atom is 0.321 e. The Morgan fingerprint density at radius 2 is 1.61 bits per heavy atom. The van der Waals surface area contributed by atoms with Crippen molar-refractivity contribution in [2.45, 2.75) is 45.6 Å². The topological polar surface area (TPSA) is 104 Å². The van der Waals surface area contributed by atoms with Gasteiger partial charge in [0.2, 0.25) is 0 Å². The molecule has 0 radical (unpaired) electrons. The number of hydrogen-bond acceptors (Lipinski definition) is 5. The van der Waals surface area contributed by atoms with Gasteiger partial charge < -0.3 is 10.2 Å². The zero-order chi connectivity index (χ0) is 22.0. The van der Waals surface area contributed by atoms with E-state index in [2.05, 4.69) is 15.4 Å². The quantitative estimate of drug-likeness (QED) is 0.771. The normalized spacial score (nSPS) is 19.6. The van der Waals surface area contributed by atoms with E-state index in [0.29, 0.717) is 45.0 Å². The molecule has 10 nitrogen and oxygen atoms in total. The summed E-state index contributed by atoms with van der Waals surface area (Å²) in [5.41, 5.74) is 1.38. The van der Waals surface area contributed by atoms with Gasteiger partial charge in [-0.1, -0.05) is 12.8 Å². The highest BCUT2D eigenvalue weighted by atomic mass is 32.2. The zero-order valence-electron chi connectivity index (χ0n) is 18.2. The number of urea groups is 1. The minimum Gasteiger partial charge on any atom is -0.322 e. The van der Waals surface area contributed by atoms with Gasteiger partial charge >= 0.3 is 6.03 Å². The summed E-state index contributed by atoms with van der Waals surface area (Å²) in [6.07, 6.45) is 7.36. The van der Waals surface area contributed by atoms with Gasteiger partial charge in [-0.3, -0.25) is 0 Å². The molecular weight excluding hydrogens is 418 g/mol. The second-order valence-corrected chi connectivity index (χ2v) is 10.4. The summed E-state index contributed by atoms with van der Waals surface area (Å²) in [6, 6.07) is 1.81. The lowest BCUT2D eigenvalue weighted by Gasteiger charge is -2.36. The molecule has 0 saturated carbocycles. The van der Waals surface area contributed by atoms with Crippen molar-refractivity contribution in [3.8, 4) is 0 Å². The van der Waals surface area contributed by atoms with Crippen molar-refractivity contribution in [3.63, 3.8) is 0 Å². The maximum absolute atomic E-state index is 13.0. The van der Waals surface area contributed by atoms with Crippen LogP contribution in [-0.4, -0.2) is 82.0 Å². The van der Waals surface area contributed by atoms with Crippen LogP contribution in [0.4, 0.5) is 10.5 Å². The molecule has 2 amide bonds. The van der Waals surface area contributed by atoms with Gasteiger partial charge in [0, 0.05) is 50.7 Å². The first-order chi connectivity index (χ1) is 14.9. The highest BCUT2D eigenvalue weighted by molar-refractivity contribution is 7.86. The highest BCUT2D eigenvalue weighted by Gasteiger charge is 2.33. The van der Waals surface area contributed by atoms with E-state index in [1.165, 1.54) is 4.31 Å². The van der Waals surface area contributed by atoms with Crippen molar-refractivity contribution in [2.75, 3.05) is 44.6 Å². The van der Waals surface area contributed by atoms with Crippen LogP contribution < -0.4 is 5.32 Å². The molecule has 2 saturated heterocycles. The first-order valence-corrected chi connectivity index (χ1v) is 12.4. The van der Waals surface area contributed by atoms with Crippen LogP contribution >= 0.6 is 0 Å². The minimum absolute atomic E-state index is 0.201. The number of aromatic nitrogens is 3. The number of amides is 2. The number of piperazine rings is 1. The Kier molecular flexibility index (Phi) is 6.44. The molecule has 1 N–H and O–H groups in total. The van der Waals surface area contributed by atoms with Crippen molar-refractivity contribution in [2.24, 2.45) is 0 Å². The monoisotopic (exact) mass is 449 g/mol. The molecule has 0 aromatic carbocycles. The first-order valence-electron chi connectivity index (χ1n) is 11.0. The second kappa shape index (κ2) is 9.09. The fraction of sp³-hybridized carbons (Fsp3) is 0.650. The Bertz CT molecular complexity index is 1020. The third kappa shape index (κ3) is 4.68. The van der Waals surface area contributed by atoms with Crippen LogP contribution in [0.3, 0.4) is 0 Å². The first kappa shape index (κ1) is 22.0. The van der Waals surface area contributed by atoms with Crippen molar-refractivity contribution in [1.82, 2.24) is 28.3 Å². The van der Waals surface area contributed by atoms with Crippen LogP contribution in [0, 0.1) is 0 Å². The molecule has 0 bridgehead atoms. The van der Waals surface area contributed by atoms with E-state index >= 15 is 0 Å². The van der Waals surface area contributed by atoms with Crippen LogP contribution in [0.1, 0.15) is 45.6 Å². The largest absolute Gasteiger partial charge is 0.322 e. The smallest absolute Gasteiger partial charge is 0.321 e. The van der Waals surface area contributed by atoms with Gasteiger partial charge in [0.15, 0.2) is 5.65 Å². The molecular formula is C20H31N7O3S. The summed E-state index contributed by atoms with van der Waals surface area (Å²) >= 11 is 0. The van der Waals surface area contributed by atoms with Gasteiger partial charge in [-0.15, -0.1) is 0 Å². The summed E-state index contributed by atoms with van der Waals surface area (Å²) in [5, 5.41) is 8.08. The molecule has 2 aromatic rings. The maximum atomic E-state index is 13.0. The van der Waals surface area contributed by atoms with E-state index in [1.807, 2.05) is 24.6 Å². The summed E-state index contributed by atoms with van der Waals surface area (Å²) in [7, 11) is -3.46. The Morgan fingerprint density at radius 1 is 0.968 bits per heavy atom. The highest BCUT2D eigenvalue weighted by Crippen LogP contribution is 2.21. The summed E-state index contributed by atoms with van der Waals surface area (Å²) < 4.78 is 30.9. The average molecular weight is 450 g/mol. The molecule has 0 aliphatic carbocycles. The second-order valence-electron chi connectivity index (χ2n) is 8.46. The van der Waals surface area contributed by atoms with Crippen molar-refractivity contribution in [3.05, 3.63) is 18.5 Å². The molecule has 4 rings (SSSR count). The van der Waals surface area contributed by atoms with Crippen LogP contribution in [0.25, 0.3) is 11.0 Å². The van der Waals surface area contributed by atoms with E-state index in [-0.39, 0.29) is 12.1 Å². The van der Waals surface area contributed by atoms with Crippen LogP contribution in [0.5, 0.6) is 0 Å². The van der Waals surface area contributed by atoms with Crippen LogP contribution in [0.15, 0.2) is 18.5 Å². The number of pyridine rings is 1. The van der Waals surface area contributed by atoms with Gasteiger partial charge in [-0.2, -0.15) is 22.1 Å². The lowest BCUT2D eigenvalue weighted by Crippen LogP contribution is -2.55. The number of fused-ring (bicyclic) bond motifs is 1. The molecule has 31 heavy (non-hydrogen) atoms. The van der Waals surface area contributed by atoms with E-state index in [4.69, 9.17) is 0 Å². The van der Waals surface area contributed by atoms with E-state index in [1.54, 1.807) is 21.6 Å². The Morgan fingerprint density at radius 3 is 2.26 bits per heavy atom. The lowest BCUT2D eigenvalue weighted by atomic mass is 10.2. The number of anilines is 1. The van der Waals surface area contributed by atoms with Gasteiger partial charge in [0.25, 0.3) is 10.2 Å². The number of rotatable bonds is 4. The van der Waals surface area contributed by atoms with Crippen molar-refractivity contribution < 1.29 is 13.2 Å². The fourth-order valence-corrected chi connectivity index (χ4v) is 5.82. The SMILES string of the molecule is CC(C)n1ncc2cc(NC(=O)N3CCN(S(=O)(=O)N4CCCCCC4)CC3)cnc21. The summed E-state index contributed by atoms with van der Waals surface area (Å²) in [5.74, 6) is 0. The van der Waals surface area contributed by atoms with Crippen LogP contribution in [-0.2, 0) is 10.2 Å². The lowest BCUT2D eigenvalue weighted by molar-refractivity contribution is 0.180. The number of carbonyl (C=O) groups is 1. The third-order valence-electron chi connectivity index (χ3n) is 5.92. The molecule has 0 spiro atoms. The molecule has 4 heterocycles. The average Bonchev–Trinajstić information content (AvgIpc) is 2.98. The molecule has 0 unspecified atom stereocenters. The molecule has 2 aromatic heterocycles. The predicted octanol–water partition coefficient (Wildman–Crippen LogP) is 2.28. The fourth-order valence-electron chi connectivity index (χ4n) is 4.15. The van der Waals surface area contributed by atoms with Crippen LogP contribution in [0.2, 0.25) is 0 Å². The number of hydrogen-bond donors (Lipinski definition) is 1. The minimum atomic E-state index is -3.46. The third-order valence-corrected chi connectivity index (χ3v) is 7.95.